The standard InChI is InChI=1S/C13H17BrN4/c1-10(11-4-3-5-12(14)8-11)15-7-6-13-16-9-18(2)17-13/h3-5,8-10,15H,6-7H2,1-2H3. The Hall–Kier alpha value is -1.20. The van der Waals surface area contributed by atoms with Gasteiger partial charge in [-0.25, -0.2) is 4.98 Å². The fraction of sp³-hybridized carbons (Fsp3) is 0.385. The molecular weight excluding hydrogens is 292 g/mol. The predicted molar refractivity (Wildman–Crippen MR) is 75.3 cm³/mol. The molecule has 0 amide bonds. The summed E-state index contributed by atoms with van der Waals surface area (Å²) < 4.78 is 2.84. The average Bonchev–Trinajstić information content (AvgIpc) is 2.75. The quantitative estimate of drug-likeness (QED) is 0.922. The molecule has 5 heteroatoms. The maximum Gasteiger partial charge on any atom is 0.151 e. The Morgan fingerprint density at radius 2 is 2.28 bits per heavy atom. The van der Waals surface area contributed by atoms with Crippen molar-refractivity contribution >= 4 is 15.9 Å². The van der Waals surface area contributed by atoms with E-state index in [1.165, 1.54) is 5.56 Å². The SMILES string of the molecule is CC(NCCc1ncn(C)n1)c1cccc(Br)c1. The molecule has 2 rings (SSSR count). The van der Waals surface area contributed by atoms with Crippen molar-refractivity contribution in [2.45, 2.75) is 19.4 Å². The topological polar surface area (TPSA) is 42.7 Å². The molecule has 1 heterocycles. The molecule has 0 aliphatic rings. The summed E-state index contributed by atoms with van der Waals surface area (Å²) >= 11 is 3.49. The van der Waals surface area contributed by atoms with Gasteiger partial charge >= 0.3 is 0 Å². The lowest BCUT2D eigenvalue weighted by Crippen LogP contribution is -2.21. The normalized spacial score (nSPS) is 12.6. The van der Waals surface area contributed by atoms with Crippen molar-refractivity contribution in [3.8, 4) is 0 Å². The Kier molecular flexibility index (Phi) is 4.49. The van der Waals surface area contributed by atoms with E-state index in [4.69, 9.17) is 0 Å². The Labute approximate surface area is 116 Å². The second kappa shape index (κ2) is 6.11. The largest absolute Gasteiger partial charge is 0.310 e. The van der Waals surface area contributed by atoms with E-state index in [0.717, 1.165) is 23.3 Å². The van der Waals surface area contributed by atoms with Gasteiger partial charge in [0.15, 0.2) is 5.82 Å². The third kappa shape index (κ3) is 3.65. The second-order valence-electron chi connectivity index (χ2n) is 4.32. The van der Waals surface area contributed by atoms with Gasteiger partial charge in [0.25, 0.3) is 0 Å². The Bertz CT molecular complexity index is 509. The monoisotopic (exact) mass is 308 g/mol. The van der Waals surface area contributed by atoms with Gasteiger partial charge in [0.1, 0.15) is 6.33 Å². The van der Waals surface area contributed by atoms with Crippen molar-refractivity contribution in [1.82, 2.24) is 20.1 Å². The number of hydrogen-bond acceptors (Lipinski definition) is 3. The molecule has 0 saturated carbocycles. The highest BCUT2D eigenvalue weighted by atomic mass is 79.9. The first-order chi connectivity index (χ1) is 8.65. The summed E-state index contributed by atoms with van der Waals surface area (Å²) in [5.41, 5.74) is 1.28. The van der Waals surface area contributed by atoms with Crippen LogP contribution in [0.1, 0.15) is 24.4 Å². The van der Waals surface area contributed by atoms with Crippen LogP contribution in [-0.2, 0) is 13.5 Å². The van der Waals surface area contributed by atoms with E-state index in [1.807, 2.05) is 13.1 Å². The maximum atomic E-state index is 4.25. The number of rotatable bonds is 5. The molecule has 96 valence electrons. The van der Waals surface area contributed by atoms with Gasteiger partial charge in [0.05, 0.1) is 0 Å². The van der Waals surface area contributed by atoms with Crippen LogP contribution >= 0.6 is 15.9 Å². The first-order valence-corrected chi connectivity index (χ1v) is 6.78. The summed E-state index contributed by atoms with van der Waals surface area (Å²) in [4.78, 5) is 4.20. The summed E-state index contributed by atoms with van der Waals surface area (Å²) in [6.07, 6.45) is 2.58. The van der Waals surface area contributed by atoms with E-state index in [-0.39, 0.29) is 0 Å². The molecule has 0 saturated heterocycles. The fourth-order valence-electron chi connectivity index (χ4n) is 1.79. The van der Waals surface area contributed by atoms with Crippen LogP contribution in [0.3, 0.4) is 0 Å². The predicted octanol–water partition coefficient (Wildman–Crippen LogP) is 2.47. The zero-order valence-electron chi connectivity index (χ0n) is 10.6. The van der Waals surface area contributed by atoms with E-state index < -0.39 is 0 Å². The van der Waals surface area contributed by atoms with E-state index in [9.17, 15) is 0 Å². The van der Waals surface area contributed by atoms with Crippen LogP contribution in [0.25, 0.3) is 0 Å². The maximum absolute atomic E-state index is 4.25. The number of nitrogens with one attached hydrogen (secondary N) is 1. The molecule has 2 aromatic rings. The molecule has 1 unspecified atom stereocenters. The third-order valence-corrected chi connectivity index (χ3v) is 3.29. The van der Waals surface area contributed by atoms with Crippen LogP contribution in [0.15, 0.2) is 35.1 Å². The van der Waals surface area contributed by atoms with Crippen molar-refractivity contribution in [2.75, 3.05) is 6.54 Å². The molecule has 1 atom stereocenters. The van der Waals surface area contributed by atoms with Gasteiger partial charge < -0.3 is 5.32 Å². The summed E-state index contributed by atoms with van der Waals surface area (Å²) in [6.45, 7) is 3.03. The van der Waals surface area contributed by atoms with Crippen LogP contribution in [0.2, 0.25) is 0 Å². The van der Waals surface area contributed by atoms with Gasteiger partial charge in [-0.1, -0.05) is 28.1 Å². The number of benzene rings is 1. The van der Waals surface area contributed by atoms with Crippen LogP contribution in [-0.4, -0.2) is 21.3 Å². The minimum atomic E-state index is 0.325. The number of aromatic nitrogens is 3. The third-order valence-electron chi connectivity index (χ3n) is 2.79. The lowest BCUT2D eigenvalue weighted by atomic mass is 10.1. The molecule has 4 nitrogen and oxygen atoms in total. The van der Waals surface area contributed by atoms with Crippen molar-refractivity contribution in [3.63, 3.8) is 0 Å². The van der Waals surface area contributed by atoms with Crippen molar-refractivity contribution in [3.05, 3.63) is 46.5 Å². The highest BCUT2D eigenvalue weighted by Gasteiger charge is 2.05. The zero-order chi connectivity index (χ0) is 13.0. The van der Waals surface area contributed by atoms with Gasteiger partial charge in [-0.3, -0.25) is 4.68 Å². The molecule has 1 N–H and O–H groups in total. The number of halogens is 1. The molecular formula is C13H17BrN4. The second-order valence-corrected chi connectivity index (χ2v) is 5.23. The lowest BCUT2D eigenvalue weighted by Gasteiger charge is -2.13. The Balaban J connectivity index is 1.83. The van der Waals surface area contributed by atoms with Crippen molar-refractivity contribution < 1.29 is 0 Å². The minimum absolute atomic E-state index is 0.325. The highest BCUT2D eigenvalue weighted by molar-refractivity contribution is 9.10. The summed E-state index contributed by atoms with van der Waals surface area (Å²) in [5.74, 6) is 0.881. The van der Waals surface area contributed by atoms with E-state index in [1.54, 1.807) is 11.0 Å². The first kappa shape index (κ1) is 13.2. The van der Waals surface area contributed by atoms with Crippen LogP contribution in [0, 0.1) is 0 Å². The molecule has 1 aromatic heterocycles. The number of nitrogens with zero attached hydrogens (tertiary/aromatic N) is 3. The Morgan fingerprint density at radius 3 is 2.94 bits per heavy atom. The molecule has 0 bridgehead atoms. The lowest BCUT2D eigenvalue weighted by molar-refractivity contribution is 0.568. The van der Waals surface area contributed by atoms with Crippen LogP contribution in [0.4, 0.5) is 0 Å². The van der Waals surface area contributed by atoms with Gasteiger partial charge in [0, 0.05) is 30.5 Å². The minimum Gasteiger partial charge on any atom is -0.310 e. The molecule has 0 aliphatic carbocycles. The number of aryl methyl sites for hydroxylation is 1. The molecule has 0 fully saturated rings. The average molecular weight is 309 g/mol. The summed E-state index contributed by atoms with van der Waals surface area (Å²) in [5, 5.41) is 7.73. The van der Waals surface area contributed by atoms with Crippen molar-refractivity contribution in [1.29, 1.82) is 0 Å². The Morgan fingerprint density at radius 1 is 1.44 bits per heavy atom. The van der Waals surface area contributed by atoms with Crippen LogP contribution in [0.5, 0.6) is 0 Å². The first-order valence-electron chi connectivity index (χ1n) is 5.98. The van der Waals surface area contributed by atoms with Crippen LogP contribution < -0.4 is 5.32 Å². The molecule has 0 spiro atoms. The molecule has 18 heavy (non-hydrogen) atoms. The molecule has 0 radical (unpaired) electrons. The summed E-state index contributed by atoms with van der Waals surface area (Å²) in [7, 11) is 1.88. The van der Waals surface area contributed by atoms with Gasteiger partial charge in [-0.2, -0.15) is 5.10 Å². The van der Waals surface area contributed by atoms with E-state index in [0.29, 0.717) is 6.04 Å². The summed E-state index contributed by atoms with van der Waals surface area (Å²) in [6, 6.07) is 8.68. The van der Waals surface area contributed by atoms with E-state index in [2.05, 4.69) is 56.5 Å². The molecule has 1 aromatic carbocycles. The fourth-order valence-corrected chi connectivity index (χ4v) is 2.21. The zero-order valence-corrected chi connectivity index (χ0v) is 12.2. The van der Waals surface area contributed by atoms with E-state index >= 15 is 0 Å². The van der Waals surface area contributed by atoms with Crippen molar-refractivity contribution in [2.24, 2.45) is 7.05 Å². The molecule has 0 aliphatic heterocycles. The van der Waals surface area contributed by atoms with Gasteiger partial charge in [0.2, 0.25) is 0 Å². The number of hydrogen-bond donors (Lipinski definition) is 1. The highest BCUT2D eigenvalue weighted by Crippen LogP contribution is 2.17. The van der Waals surface area contributed by atoms with Gasteiger partial charge in [-0.05, 0) is 24.6 Å². The smallest absolute Gasteiger partial charge is 0.151 e. The van der Waals surface area contributed by atoms with Gasteiger partial charge in [-0.15, -0.1) is 0 Å².